The molecule has 5 heteroatoms. The Labute approximate surface area is 157 Å². The van der Waals surface area contributed by atoms with E-state index in [-0.39, 0.29) is 6.04 Å². The average Bonchev–Trinajstić information content (AvgIpc) is 3.15. The van der Waals surface area contributed by atoms with E-state index in [2.05, 4.69) is 27.4 Å². The molecule has 5 rings (SSSR count). The zero-order valence-corrected chi connectivity index (χ0v) is 14.9. The van der Waals surface area contributed by atoms with E-state index in [9.17, 15) is 0 Å². The molecule has 27 heavy (non-hydrogen) atoms. The van der Waals surface area contributed by atoms with Crippen molar-refractivity contribution in [3.05, 3.63) is 78.1 Å². The lowest BCUT2D eigenvalue weighted by atomic mass is 9.92. The molecule has 0 aliphatic heterocycles. The van der Waals surface area contributed by atoms with Crippen molar-refractivity contribution < 1.29 is 4.42 Å². The van der Waals surface area contributed by atoms with Gasteiger partial charge in [0.05, 0.1) is 6.54 Å². The number of rotatable bonds is 4. The van der Waals surface area contributed by atoms with Crippen LogP contribution in [0.4, 0.5) is 0 Å². The predicted octanol–water partition coefficient (Wildman–Crippen LogP) is 4.45. The summed E-state index contributed by atoms with van der Waals surface area (Å²) < 4.78 is 5.92. The number of aryl methyl sites for hydroxylation is 1. The summed E-state index contributed by atoms with van der Waals surface area (Å²) in [5, 5.41) is 4.77. The van der Waals surface area contributed by atoms with E-state index in [0.717, 1.165) is 53.1 Å². The van der Waals surface area contributed by atoms with E-state index < -0.39 is 0 Å². The van der Waals surface area contributed by atoms with E-state index >= 15 is 0 Å². The summed E-state index contributed by atoms with van der Waals surface area (Å²) >= 11 is 0. The third-order valence-electron chi connectivity index (χ3n) is 5.10. The molecule has 0 unspecified atom stereocenters. The first-order valence-corrected chi connectivity index (χ1v) is 9.34. The van der Waals surface area contributed by atoms with Crippen LogP contribution >= 0.6 is 0 Å². The molecule has 0 spiro atoms. The molecule has 3 heterocycles. The van der Waals surface area contributed by atoms with Gasteiger partial charge < -0.3 is 9.73 Å². The fourth-order valence-electron chi connectivity index (χ4n) is 3.74. The minimum Gasteiger partial charge on any atom is -0.460 e. The fraction of sp³-hybridized carbons (Fsp3) is 0.227. The Hall–Kier alpha value is -3.05. The third kappa shape index (κ3) is 3.22. The van der Waals surface area contributed by atoms with Crippen LogP contribution in [0, 0.1) is 0 Å². The SMILES string of the molecule is c1cncc(-c2ncc3c(n2)CCC[C@@H]3NCc2cc3ccccc3o2)c1. The van der Waals surface area contributed by atoms with Gasteiger partial charge in [0.1, 0.15) is 11.3 Å². The lowest BCUT2D eigenvalue weighted by molar-refractivity contribution is 0.422. The van der Waals surface area contributed by atoms with E-state index in [0.29, 0.717) is 6.54 Å². The van der Waals surface area contributed by atoms with Gasteiger partial charge in [-0.15, -0.1) is 0 Å². The number of pyridine rings is 1. The number of nitrogens with zero attached hydrogens (tertiary/aromatic N) is 3. The van der Waals surface area contributed by atoms with E-state index in [1.165, 1.54) is 5.56 Å². The van der Waals surface area contributed by atoms with Crippen LogP contribution in [0.1, 0.15) is 35.9 Å². The minimum absolute atomic E-state index is 0.255. The second-order valence-electron chi connectivity index (χ2n) is 6.91. The van der Waals surface area contributed by atoms with Gasteiger partial charge in [-0.25, -0.2) is 9.97 Å². The van der Waals surface area contributed by atoms with Crippen molar-refractivity contribution in [1.82, 2.24) is 20.3 Å². The lowest BCUT2D eigenvalue weighted by Gasteiger charge is -2.25. The van der Waals surface area contributed by atoms with E-state index in [4.69, 9.17) is 9.40 Å². The number of fused-ring (bicyclic) bond motifs is 2. The van der Waals surface area contributed by atoms with E-state index in [1.54, 1.807) is 6.20 Å². The quantitative estimate of drug-likeness (QED) is 0.585. The van der Waals surface area contributed by atoms with Gasteiger partial charge in [0.15, 0.2) is 5.82 Å². The van der Waals surface area contributed by atoms with Crippen LogP contribution < -0.4 is 5.32 Å². The Balaban J connectivity index is 1.36. The van der Waals surface area contributed by atoms with Gasteiger partial charge in [-0.3, -0.25) is 4.98 Å². The highest BCUT2D eigenvalue weighted by molar-refractivity contribution is 5.77. The number of hydrogen-bond donors (Lipinski definition) is 1. The Morgan fingerprint density at radius 3 is 2.96 bits per heavy atom. The predicted molar refractivity (Wildman–Crippen MR) is 104 cm³/mol. The van der Waals surface area contributed by atoms with Crippen LogP contribution in [0.2, 0.25) is 0 Å². The normalized spacial score (nSPS) is 16.4. The molecule has 1 aliphatic carbocycles. The van der Waals surface area contributed by atoms with Crippen LogP contribution in [0.25, 0.3) is 22.4 Å². The molecule has 0 bridgehead atoms. The molecule has 4 aromatic rings. The van der Waals surface area contributed by atoms with E-state index in [1.807, 2.05) is 42.7 Å². The van der Waals surface area contributed by atoms with Gasteiger partial charge in [-0.1, -0.05) is 18.2 Å². The van der Waals surface area contributed by atoms with Gasteiger partial charge in [0, 0.05) is 46.8 Å². The van der Waals surface area contributed by atoms with Crippen LogP contribution in [0.3, 0.4) is 0 Å². The standard InChI is InChI=1S/C22H20N4O/c1-2-9-21-15(5-1)11-17(27-21)13-24-19-7-3-8-20-18(19)14-25-22(26-20)16-6-4-10-23-12-16/h1-2,4-6,9-12,14,19,24H,3,7-8,13H2/t19-/m0/s1. The first-order chi connectivity index (χ1) is 13.4. The molecular formula is C22H20N4O. The Morgan fingerprint density at radius 1 is 1.11 bits per heavy atom. The van der Waals surface area contributed by atoms with Crippen molar-refractivity contribution in [2.75, 3.05) is 0 Å². The highest BCUT2D eigenvalue weighted by Gasteiger charge is 2.22. The van der Waals surface area contributed by atoms with Gasteiger partial charge in [0.2, 0.25) is 0 Å². The first-order valence-electron chi connectivity index (χ1n) is 9.34. The van der Waals surface area contributed by atoms with Crippen molar-refractivity contribution in [2.45, 2.75) is 31.8 Å². The van der Waals surface area contributed by atoms with Crippen LogP contribution in [-0.2, 0) is 13.0 Å². The fourth-order valence-corrected chi connectivity index (χ4v) is 3.74. The summed E-state index contributed by atoms with van der Waals surface area (Å²) in [6.45, 7) is 0.698. The van der Waals surface area contributed by atoms with Crippen molar-refractivity contribution in [3.8, 4) is 11.4 Å². The monoisotopic (exact) mass is 356 g/mol. The number of benzene rings is 1. The van der Waals surface area contributed by atoms with Gasteiger partial charge in [-0.2, -0.15) is 0 Å². The number of furan rings is 1. The largest absolute Gasteiger partial charge is 0.460 e. The average molecular weight is 356 g/mol. The van der Waals surface area contributed by atoms with Gasteiger partial charge in [-0.05, 0) is 43.5 Å². The first kappa shape index (κ1) is 16.1. The second kappa shape index (κ2) is 6.93. The summed E-state index contributed by atoms with van der Waals surface area (Å²) in [7, 11) is 0. The highest BCUT2D eigenvalue weighted by Crippen LogP contribution is 2.30. The van der Waals surface area contributed by atoms with Crippen molar-refractivity contribution in [1.29, 1.82) is 0 Å². The zero-order valence-electron chi connectivity index (χ0n) is 14.9. The Bertz CT molecular complexity index is 1040. The second-order valence-corrected chi connectivity index (χ2v) is 6.91. The summed E-state index contributed by atoms with van der Waals surface area (Å²) in [6.07, 6.45) is 8.74. The molecule has 0 saturated carbocycles. The van der Waals surface area contributed by atoms with Gasteiger partial charge >= 0.3 is 0 Å². The molecule has 1 N–H and O–H groups in total. The molecule has 0 saturated heterocycles. The summed E-state index contributed by atoms with van der Waals surface area (Å²) in [6, 6.07) is 14.4. The summed E-state index contributed by atoms with van der Waals surface area (Å²) in [5.41, 5.74) is 4.22. The van der Waals surface area contributed by atoms with Crippen LogP contribution in [-0.4, -0.2) is 15.0 Å². The smallest absolute Gasteiger partial charge is 0.160 e. The molecule has 134 valence electrons. The van der Waals surface area contributed by atoms with Gasteiger partial charge in [0.25, 0.3) is 0 Å². The molecule has 5 nitrogen and oxygen atoms in total. The maximum Gasteiger partial charge on any atom is 0.160 e. The third-order valence-corrected chi connectivity index (χ3v) is 5.10. The molecule has 1 aliphatic rings. The van der Waals surface area contributed by atoms with Crippen LogP contribution in [0.5, 0.6) is 0 Å². The molecule has 1 atom stereocenters. The number of para-hydroxylation sites is 1. The zero-order chi connectivity index (χ0) is 18.1. The van der Waals surface area contributed by atoms with Crippen molar-refractivity contribution in [2.24, 2.45) is 0 Å². The molecule has 0 amide bonds. The Morgan fingerprint density at radius 2 is 2.07 bits per heavy atom. The molecule has 1 aromatic carbocycles. The Kier molecular flexibility index (Phi) is 4.14. The maximum absolute atomic E-state index is 5.92. The molecule has 0 radical (unpaired) electrons. The minimum atomic E-state index is 0.255. The molecule has 3 aromatic heterocycles. The summed E-state index contributed by atoms with van der Waals surface area (Å²) in [5.74, 6) is 1.70. The number of nitrogens with one attached hydrogen (secondary N) is 1. The van der Waals surface area contributed by atoms with Crippen molar-refractivity contribution in [3.63, 3.8) is 0 Å². The molecule has 0 fully saturated rings. The highest BCUT2D eigenvalue weighted by atomic mass is 16.3. The number of aromatic nitrogens is 3. The number of hydrogen-bond acceptors (Lipinski definition) is 5. The topological polar surface area (TPSA) is 63.8 Å². The van der Waals surface area contributed by atoms with Crippen LogP contribution in [0.15, 0.2) is 65.5 Å². The molecular weight excluding hydrogens is 336 g/mol. The lowest BCUT2D eigenvalue weighted by Crippen LogP contribution is -2.25. The maximum atomic E-state index is 5.92. The van der Waals surface area contributed by atoms with Crippen molar-refractivity contribution >= 4 is 11.0 Å². The summed E-state index contributed by atoms with van der Waals surface area (Å²) in [4.78, 5) is 13.6.